The number of carbonyl (C=O) groups excluding carboxylic acids is 3. The van der Waals surface area contributed by atoms with Crippen LogP contribution in [-0.2, 0) is 14.4 Å². The van der Waals surface area contributed by atoms with Crippen molar-refractivity contribution in [3.8, 4) is 0 Å². The van der Waals surface area contributed by atoms with Gasteiger partial charge in [0.25, 0.3) is 0 Å². The Morgan fingerprint density at radius 2 is 1.48 bits per heavy atom. The van der Waals surface area contributed by atoms with Gasteiger partial charge < -0.3 is 4.79 Å². The van der Waals surface area contributed by atoms with Gasteiger partial charge in [-0.15, -0.1) is 0 Å². The molecule has 0 bridgehead atoms. The van der Waals surface area contributed by atoms with Gasteiger partial charge >= 0.3 is 0 Å². The van der Waals surface area contributed by atoms with E-state index in [0.717, 1.165) is 12.8 Å². The third-order valence-electron chi connectivity index (χ3n) is 1.24. The minimum Gasteiger partial charge on any atom is -0.304 e. The van der Waals surface area contributed by atoms with Crippen LogP contribution in [0.5, 0.6) is 0 Å². The molecule has 2 amide bonds. The molecule has 0 unspecified atom stereocenters. The number of hydrogen-bond donors (Lipinski definition) is 6. The second-order valence-electron chi connectivity index (χ2n) is 2.83. The molecule has 0 saturated carbocycles. The number of aldehydes is 1. The van der Waals surface area contributed by atoms with E-state index in [-0.39, 0.29) is 11.8 Å². The van der Waals surface area contributed by atoms with E-state index in [1.807, 2.05) is 26.2 Å². The van der Waals surface area contributed by atoms with Gasteiger partial charge in [-0.3, -0.25) is 20.4 Å². The fraction of sp³-hybridized carbons (Fsp3) is 0.750. The summed E-state index contributed by atoms with van der Waals surface area (Å²) >= 11 is 7.69. The first-order valence-electron chi connectivity index (χ1n) is 6.66. The first kappa shape index (κ1) is 28.4. The van der Waals surface area contributed by atoms with Gasteiger partial charge in [0, 0.05) is 19.4 Å². The Bertz CT molecular complexity index is 233. The predicted octanol–water partition coefficient (Wildman–Crippen LogP) is 0.475. The Kier molecular flexibility index (Phi) is 42.7. The van der Waals surface area contributed by atoms with Crippen LogP contribution in [0.15, 0.2) is 0 Å². The molecule has 0 fully saturated rings. The molecule has 0 heterocycles. The van der Waals surface area contributed by atoms with E-state index in [9.17, 15) is 9.59 Å². The van der Waals surface area contributed by atoms with Crippen LogP contribution in [-0.4, -0.2) is 36.2 Å². The maximum atomic E-state index is 10.6. The molecule has 128 valence electrons. The predicted molar refractivity (Wildman–Crippen MR) is 94.2 cm³/mol. The summed E-state index contributed by atoms with van der Waals surface area (Å²) in [5, 5.41) is 0. The second-order valence-corrected chi connectivity index (χ2v) is 3.72. The molecule has 0 rings (SSSR count). The highest BCUT2D eigenvalue weighted by Gasteiger charge is 1.94. The van der Waals surface area contributed by atoms with E-state index < -0.39 is 0 Å². The van der Waals surface area contributed by atoms with Crippen LogP contribution in [0.25, 0.3) is 0 Å². The lowest BCUT2D eigenvalue weighted by Crippen LogP contribution is -2.37. The molecule has 9 heteroatoms. The zero-order chi connectivity index (χ0) is 17.5. The van der Waals surface area contributed by atoms with Crippen molar-refractivity contribution in [1.82, 2.24) is 16.3 Å². The van der Waals surface area contributed by atoms with Crippen molar-refractivity contribution in [2.75, 3.05) is 18.1 Å². The lowest BCUT2D eigenvalue weighted by Gasteiger charge is -2.01. The molecule has 0 aromatic carbocycles. The SMILES string of the molecule is CC.CC=O.CCNNC(=O)CCS.NNC(=O)CCS. The van der Waals surface area contributed by atoms with E-state index in [2.05, 4.69) is 36.1 Å². The summed E-state index contributed by atoms with van der Waals surface area (Å²) in [6.07, 6.45) is 1.61. The summed E-state index contributed by atoms with van der Waals surface area (Å²) in [5.74, 6) is 5.68. The highest BCUT2D eigenvalue weighted by molar-refractivity contribution is 7.80. The Balaban J connectivity index is -0.000000107. The van der Waals surface area contributed by atoms with Crippen LogP contribution in [0.4, 0.5) is 0 Å². The Morgan fingerprint density at radius 3 is 1.71 bits per heavy atom. The quantitative estimate of drug-likeness (QED) is 0.138. The minimum absolute atomic E-state index is 0.00755. The Labute approximate surface area is 138 Å². The van der Waals surface area contributed by atoms with Crippen molar-refractivity contribution < 1.29 is 14.4 Å². The topological polar surface area (TPSA) is 113 Å². The maximum Gasteiger partial charge on any atom is 0.234 e. The van der Waals surface area contributed by atoms with Gasteiger partial charge in [0.15, 0.2) is 0 Å². The molecule has 5 N–H and O–H groups in total. The first-order valence-corrected chi connectivity index (χ1v) is 7.93. The molecule has 0 spiro atoms. The van der Waals surface area contributed by atoms with Crippen LogP contribution in [0.3, 0.4) is 0 Å². The van der Waals surface area contributed by atoms with Crippen molar-refractivity contribution in [3.05, 3.63) is 0 Å². The van der Waals surface area contributed by atoms with Crippen molar-refractivity contribution >= 4 is 43.4 Å². The number of nitrogens with two attached hydrogens (primary N) is 1. The summed E-state index contributed by atoms with van der Waals surface area (Å²) in [4.78, 5) is 29.5. The first-order chi connectivity index (χ1) is 10.0. The van der Waals surface area contributed by atoms with Crippen molar-refractivity contribution in [1.29, 1.82) is 0 Å². The van der Waals surface area contributed by atoms with Gasteiger partial charge in [0.2, 0.25) is 11.8 Å². The van der Waals surface area contributed by atoms with Gasteiger partial charge in [-0.1, -0.05) is 20.8 Å². The third-order valence-corrected chi connectivity index (χ3v) is 1.69. The van der Waals surface area contributed by atoms with Crippen molar-refractivity contribution in [2.24, 2.45) is 5.84 Å². The number of rotatable bonds is 6. The van der Waals surface area contributed by atoms with Gasteiger partial charge in [-0.2, -0.15) is 25.3 Å². The van der Waals surface area contributed by atoms with E-state index in [4.69, 9.17) is 10.6 Å². The number of carbonyl (C=O) groups is 3. The zero-order valence-corrected chi connectivity index (χ0v) is 15.1. The lowest BCUT2D eigenvalue weighted by molar-refractivity contribution is -0.122. The zero-order valence-electron chi connectivity index (χ0n) is 13.3. The molecule has 7 nitrogen and oxygen atoms in total. The van der Waals surface area contributed by atoms with Gasteiger partial charge in [-0.05, 0) is 18.4 Å². The van der Waals surface area contributed by atoms with Crippen molar-refractivity contribution in [2.45, 2.75) is 40.5 Å². The van der Waals surface area contributed by atoms with Crippen LogP contribution >= 0.6 is 25.3 Å². The molecule has 0 aliphatic heterocycles. The summed E-state index contributed by atoms with van der Waals surface area (Å²) < 4.78 is 0. The van der Waals surface area contributed by atoms with Crippen LogP contribution < -0.4 is 22.1 Å². The van der Waals surface area contributed by atoms with Crippen molar-refractivity contribution in [3.63, 3.8) is 0 Å². The van der Waals surface area contributed by atoms with Crippen LogP contribution in [0, 0.1) is 0 Å². The van der Waals surface area contributed by atoms with Crippen LogP contribution in [0.1, 0.15) is 40.5 Å². The average molecular weight is 343 g/mol. The minimum atomic E-state index is -0.171. The fourth-order valence-corrected chi connectivity index (χ4v) is 0.931. The second kappa shape index (κ2) is 31.6. The number of hydrogen-bond acceptors (Lipinski definition) is 7. The molecule has 0 aliphatic rings. The fourth-order valence-electron chi connectivity index (χ4n) is 0.525. The van der Waals surface area contributed by atoms with E-state index in [0.29, 0.717) is 24.3 Å². The largest absolute Gasteiger partial charge is 0.304 e. The maximum absolute atomic E-state index is 10.6. The van der Waals surface area contributed by atoms with E-state index in [1.54, 1.807) is 0 Å². The molecule has 0 aromatic rings. The molecule has 21 heavy (non-hydrogen) atoms. The summed E-state index contributed by atoms with van der Waals surface area (Å²) in [7, 11) is 0. The number of hydrazine groups is 2. The standard InChI is InChI=1S/C5H12N2OS.C3H8N2OS.C2H4O.C2H6/c1-2-6-7-5(8)3-4-9;4-5-3(6)1-2-7;1-2-3;1-2/h6,9H,2-4H2,1H3,(H,7,8);7H,1-2,4H2,(H,5,6);2H,1H3;1-2H3. The highest BCUT2D eigenvalue weighted by atomic mass is 32.1. The number of amides is 2. The summed E-state index contributed by atoms with van der Waals surface area (Å²) in [5.41, 5.74) is 7.17. The van der Waals surface area contributed by atoms with E-state index >= 15 is 0 Å². The lowest BCUT2D eigenvalue weighted by atomic mass is 10.5. The Morgan fingerprint density at radius 1 is 1.10 bits per heavy atom. The normalized spacial score (nSPS) is 7.57. The average Bonchev–Trinajstić information content (AvgIpc) is 2.49. The summed E-state index contributed by atoms with van der Waals surface area (Å²) in [6.45, 7) is 8.11. The molecule has 0 atom stereocenters. The molecule has 0 saturated heterocycles. The summed E-state index contributed by atoms with van der Waals surface area (Å²) in [6, 6.07) is 0. The number of nitrogens with one attached hydrogen (secondary N) is 3. The molecule has 0 aromatic heterocycles. The van der Waals surface area contributed by atoms with Crippen LogP contribution in [0.2, 0.25) is 0 Å². The molecule has 0 radical (unpaired) electrons. The highest BCUT2D eigenvalue weighted by Crippen LogP contribution is 1.80. The van der Waals surface area contributed by atoms with Gasteiger partial charge in [-0.25, -0.2) is 11.3 Å². The molecule has 0 aliphatic carbocycles. The molecular formula is C12H30N4O3S2. The third kappa shape index (κ3) is 45.3. The van der Waals surface area contributed by atoms with Gasteiger partial charge in [0.05, 0.1) is 0 Å². The monoisotopic (exact) mass is 342 g/mol. The van der Waals surface area contributed by atoms with Gasteiger partial charge in [0.1, 0.15) is 6.29 Å². The smallest absolute Gasteiger partial charge is 0.234 e. The Hall–Kier alpha value is -0.770. The molecular weight excluding hydrogens is 312 g/mol. The van der Waals surface area contributed by atoms with E-state index in [1.165, 1.54) is 6.92 Å². The number of thiol groups is 2.